The number of nitrogens with zero attached hydrogens (tertiary/aromatic N) is 5. The summed E-state index contributed by atoms with van der Waals surface area (Å²) in [4.78, 5) is 46.8. The highest BCUT2D eigenvalue weighted by atomic mass is 19.3. The van der Waals surface area contributed by atoms with Crippen molar-refractivity contribution in [2.45, 2.75) is 69.6 Å². The van der Waals surface area contributed by atoms with E-state index in [4.69, 9.17) is 9.72 Å². The van der Waals surface area contributed by atoms with Crippen LogP contribution < -0.4 is 16.3 Å². The fourth-order valence-corrected chi connectivity index (χ4v) is 7.45. The summed E-state index contributed by atoms with van der Waals surface area (Å²) in [7, 11) is 2.99. The molecule has 2 saturated carbocycles. The number of hydrogen-bond acceptors (Lipinski definition) is 6. The van der Waals surface area contributed by atoms with Crippen LogP contribution in [0.4, 0.5) is 18.0 Å². The van der Waals surface area contributed by atoms with E-state index < -0.39 is 36.2 Å². The number of halogens is 3. The van der Waals surface area contributed by atoms with Crippen LogP contribution in [0.5, 0.6) is 0 Å². The molecule has 1 unspecified atom stereocenters. The summed E-state index contributed by atoms with van der Waals surface area (Å²) in [5.41, 5.74) is 4.27. The number of nitrogens with one attached hydrogen (secondary N) is 3. The molecule has 0 saturated heterocycles. The average Bonchev–Trinajstić information content (AvgIpc) is 3.62. The van der Waals surface area contributed by atoms with Gasteiger partial charge < -0.3 is 20.4 Å². The van der Waals surface area contributed by atoms with Gasteiger partial charge in [0.2, 0.25) is 0 Å². The van der Waals surface area contributed by atoms with E-state index in [-0.39, 0.29) is 29.4 Å². The Morgan fingerprint density at radius 3 is 2.53 bits per heavy atom. The third-order valence-electron chi connectivity index (χ3n) is 10.2. The minimum atomic E-state index is -2.99. The van der Waals surface area contributed by atoms with Crippen molar-refractivity contribution in [3.05, 3.63) is 70.7 Å². The normalized spacial score (nSPS) is 19.7. The molecule has 12 nitrogen and oxygen atoms in total. The van der Waals surface area contributed by atoms with Crippen molar-refractivity contribution < 1.29 is 27.5 Å². The average molecular weight is 701 g/mol. The highest BCUT2D eigenvalue weighted by Crippen LogP contribution is 2.44. The Morgan fingerprint density at radius 2 is 1.82 bits per heavy atom. The number of aromatic nitrogens is 6. The van der Waals surface area contributed by atoms with Gasteiger partial charge in [-0.05, 0) is 62.9 Å². The SMILES string of the molecule is COC(=O)N[C@@H]1CC[C@@H](n2c(=O)n(C)c3cnc4[nH]c(-c5ccc(C(=O)NC6CC6(F)F)c(F)c5)c(-c5ccc6c(cnn6C(C)C)c5)c4c32)C1. The predicted molar refractivity (Wildman–Crippen MR) is 184 cm³/mol. The first-order chi connectivity index (χ1) is 24.4. The molecule has 0 radical (unpaired) electrons. The molecular formula is C36H35F3N8O4. The summed E-state index contributed by atoms with van der Waals surface area (Å²) in [5.74, 6) is -4.79. The lowest BCUT2D eigenvalue weighted by molar-refractivity contribution is 0.0846. The molecule has 51 heavy (non-hydrogen) atoms. The van der Waals surface area contributed by atoms with Crippen molar-refractivity contribution >= 4 is 45.0 Å². The van der Waals surface area contributed by atoms with Crippen LogP contribution in [0.25, 0.3) is 55.4 Å². The number of rotatable bonds is 7. The Morgan fingerprint density at radius 1 is 1.06 bits per heavy atom. The van der Waals surface area contributed by atoms with Gasteiger partial charge >= 0.3 is 11.8 Å². The number of H-pyrrole nitrogens is 1. The number of pyridine rings is 1. The smallest absolute Gasteiger partial charge is 0.407 e. The van der Waals surface area contributed by atoms with Crippen LogP contribution in [0.2, 0.25) is 0 Å². The molecule has 8 rings (SSSR count). The first kappa shape index (κ1) is 32.6. The van der Waals surface area contributed by atoms with Crippen molar-refractivity contribution in [1.29, 1.82) is 0 Å². The minimum absolute atomic E-state index is 0.119. The van der Waals surface area contributed by atoms with Crippen LogP contribution in [0.1, 0.15) is 62.0 Å². The number of aromatic amines is 1. The summed E-state index contributed by atoms with van der Waals surface area (Å²) in [6, 6.07) is 8.29. The van der Waals surface area contributed by atoms with E-state index in [1.807, 2.05) is 36.7 Å². The van der Waals surface area contributed by atoms with Crippen LogP contribution in [0.15, 0.2) is 53.6 Å². The Kier molecular flexibility index (Phi) is 7.50. The van der Waals surface area contributed by atoms with Gasteiger partial charge in [0.25, 0.3) is 11.8 Å². The van der Waals surface area contributed by atoms with Crippen molar-refractivity contribution in [1.82, 2.24) is 39.5 Å². The van der Waals surface area contributed by atoms with Crippen LogP contribution in [0, 0.1) is 5.82 Å². The first-order valence-corrected chi connectivity index (χ1v) is 16.8. The maximum Gasteiger partial charge on any atom is 0.407 e. The van der Waals surface area contributed by atoms with Gasteiger partial charge in [-0.25, -0.2) is 27.7 Å². The molecule has 2 aliphatic rings. The zero-order chi connectivity index (χ0) is 35.9. The van der Waals surface area contributed by atoms with Crippen molar-refractivity contribution in [2.75, 3.05) is 7.11 Å². The number of hydrogen-bond donors (Lipinski definition) is 3. The quantitative estimate of drug-likeness (QED) is 0.181. The second-order valence-corrected chi connectivity index (χ2v) is 13.7. The lowest BCUT2D eigenvalue weighted by Gasteiger charge is -2.15. The molecule has 0 spiro atoms. The van der Waals surface area contributed by atoms with Crippen molar-refractivity contribution in [3.63, 3.8) is 0 Å². The van der Waals surface area contributed by atoms with Crippen LogP contribution in [-0.2, 0) is 11.8 Å². The van der Waals surface area contributed by atoms with Gasteiger partial charge in [0.1, 0.15) is 11.5 Å². The zero-order valence-corrected chi connectivity index (χ0v) is 28.3. The molecule has 2 fully saturated rings. The zero-order valence-electron chi connectivity index (χ0n) is 28.3. The molecule has 4 aromatic heterocycles. The van der Waals surface area contributed by atoms with E-state index in [0.29, 0.717) is 58.2 Å². The highest BCUT2D eigenvalue weighted by molar-refractivity contribution is 6.15. The number of alkyl carbamates (subject to hydrolysis) is 1. The van der Waals surface area contributed by atoms with E-state index >= 15 is 4.39 Å². The molecule has 4 heterocycles. The molecule has 6 aromatic rings. The standard InChI is InChI=1S/C36H35F3N8O4/c1-17(2)47-25-10-6-18(11-20(25)15-41-47)28-29-31-26(45(3)35(50)46(31)22-8-7-21(13-22)42-34(49)51-4)16-40-32(29)44-30(28)19-5-9-23(24(37)12-19)33(48)43-27-14-36(27,38)39/h5-6,9-12,15-17,21-22,27H,7-8,13-14H2,1-4H3,(H,40,44)(H,42,49)(H,43,48)/t21-,22-,27?/m1/s1. The first-order valence-electron chi connectivity index (χ1n) is 16.8. The van der Waals surface area contributed by atoms with E-state index in [9.17, 15) is 23.2 Å². The molecule has 0 aliphatic heterocycles. The number of imidazole rings is 1. The van der Waals surface area contributed by atoms with Gasteiger partial charge in [0, 0.05) is 48.1 Å². The Balaban J connectivity index is 1.33. The molecular weight excluding hydrogens is 665 g/mol. The minimum Gasteiger partial charge on any atom is -0.453 e. The van der Waals surface area contributed by atoms with E-state index in [1.54, 1.807) is 34.6 Å². The summed E-state index contributed by atoms with van der Waals surface area (Å²) in [5, 5.41) is 11.1. The summed E-state index contributed by atoms with van der Waals surface area (Å²) in [6.45, 7) is 4.08. The van der Waals surface area contributed by atoms with Gasteiger partial charge in [-0.15, -0.1) is 0 Å². The van der Waals surface area contributed by atoms with Crippen molar-refractivity contribution in [3.8, 4) is 22.4 Å². The van der Waals surface area contributed by atoms with E-state index in [0.717, 1.165) is 16.5 Å². The van der Waals surface area contributed by atoms with Gasteiger partial charge in [0.15, 0.2) is 0 Å². The summed E-state index contributed by atoms with van der Waals surface area (Å²) >= 11 is 0. The molecule has 15 heteroatoms. The molecule has 0 bridgehead atoms. The molecule has 2 amide bonds. The second-order valence-electron chi connectivity index (χ2n) is 13.7. The second kappa shape index (κ2) is 11.7. The van der Waals surface area contributed by atoms with Gasteiger partial charge in [-0.3, -0.25) is 18.6 Å². The van der Waals surface area contributed by atoms with E-state index in [2.05, 4.69) is 20.7 Å². The van der Waals surface area contributed by atoms with Gasteiger partial charge in [-0.2, -0.15) is 5.10 Å². The number of carbonyl (C=O) groups excluding carboxylic acids is 2. The summed E-state index contributed by atoms with van der Waals surface area (Å²) in [6.07, 6.45) is 4.17. The number of ether oxygens (including phenoxy) is 1. The molecule has 264 valence electrons. The maximum atomic E-state index is 15.7. The number of methoxy groups -OCH3 is 1. The van der Waals surface area contributed by atoms with Crippen molar-refractivity contribution in [2.24, 2.45) is 7.05 Å². The molecule has 2 aliphatic carbocycles. The fourth-order valence-electron chi connectivity index (χ4n) is 7.45. The largest absolute Gasteiger partial charge is 0.453 e. The fraction of sp³-hybridized carbons (Fsp3) is 0.361. The molecule has 2 aromatic carbocycles. The maximum absolute atomic E-state index is 15.7. The number of benzene rings is 2. The third kappa shape index (κ3) is 5.33. The Bertz CT molecular complexity index is 2460. The predicted octanol–water partition coefficient (Wildman–Crippen LogP) is 6.21. The number of fused-ring (bicyclic) bond motifs is 4. The summed E-state index contributed by atoms with van der Waals surface area (Å²) < 4.78 is 52.7. The molecule has 3 atom stereocenters. The number of amides is 2. The lowest BCUT2D eigenvalue weighted by atomic mass is 9.96. The van der Waals surface area contributed by atoms with Crippen LogP contribution in [-0.4, -0.2) is 66.0 Å². The topological polar surface area (TPSA) is 141 Å². The van der Waals surface area contributed by atoms with E-state index in [1.165, 1.54) is 19.2 Å². The Hall–Kier alpha value is -5.60. The van der Waals surface area contributed by atoms with Gasteiger partial charge in [-0.1, -0.05) is 12.1 Å². The highest BCUT2D eigenvalue weighted by Gasteiger charge is 2.58. The van der Waals surface area contributed by atoms with Crippen LogP contribution >= 0.6 is 0 Å². The molecule has 3 N–H and O–H groups in total. The number of carbonyl (C=O) groups is 2. The number of aryl methyl sites for hydroxylation is 1. The van der Waals surface area contributed by atoms with Crippen LogP contribution in [0.3, 0.4) is 0 Å². The van der Waals surface area contributed by atoms with Gasteiger partial charge in [0.05, 0.1) is 58.7 Å². The monoisotopic (exact) mass is 700 g/mol. The Labute approximate surface area is 288 Å². The third-order valence-corrected chi connectivity index (χ3v) is 10.2. The lowest BCUT2D eigenvalue weighted by Crippen LogP contribution is -2.33. The number of alkyl halides is 2.